The van der Waals surface area contributed by atoms with Gasteiger partial charge < -0.3 is 4.74 Å². The minimum absolute atomic E-state index is 0.630. The van der Waals surface area contributed by atoms with Gasteiger partial charge in [-0.25, -0.2) is 0 Å². The predicted octanol–water partition coefficient (Wildman–Crippen LogP) is 3.83. The number of hydrogen-bond donors (Lipinski definition) is 0. The van der Waals surface area contributed by atoms with Crippen molar-refractivity contribution in [2.75, 3.05) is 7.11 Å². The van der Waals surface area contributed by atoms with Crippen molar-refractivity contribution in [3.63, 3.8) is 0 Å². The molecule has 0 unspecified atom stereocenters. The van der Waals surface area contributed by atoms with Crippen molar-refractivity contribution in [2.24, 2.45) is 0 Å². The standard InChI is InChI=1S/C18H18N4OS/c1-3-12-22-17(15-9-4-5-10-16(15)23-2)20-21-18(22)24-13-14-8-6-7-11-19-14/h3-11H,1,12-13H2,2H3. The highest BCUT2D eigenvalue weighted by atomic mass is 32.2. The third kappa shape index (κ3) is 3.49. The molecule has 3 rings (SSSR count). The normalized spacial score (nSPS) is 10.5. The van der Waals surface area contributed by atoms with Crippen molar-refractivity contribution in [2.45, 2.75) is 17.5 Å². The van der Waals surface area contributed by atoms with Gasteiger partial charge in [0, 0.05) is 18.5 Å². The summed E-state index contributed by atoms with van der Waals surface area (Å²) in [7, 11) is 1.66. The fourth-order valence-electron chi connectivity index (χ4n) is 2.34. The topological polar surface area (TPSA) is 52.8 Å². The number of rotatable bonds is 7. The molecule has 0 N–H and O–H groups in total. The van der Waals surface area contributed by atoms with Gasteiger partial charge in [0.25, 0.3) is 0 Å². The van der Waals surface area contributed by atoms with Gasteiger partial charge in [-0.05, 0) is 24.3 Å². The summed E-state index contributed by atoms with van der Waals surface area (Å²) in [6.07, 6.45) is 3.64. The molecule has 0 saturated carbocycles. The molecular formula is C18H18N4OS. The maximum atomic E-state index is 5.45. The summed E-state index contributed by atoms with van der Waals surface area (Å²) in [4.78, 5) is 4.34. The van der Waals surface area contributed by atoms with Crippen molar-refractivity contribution in [3.05, 3.63) is 67.0 Å². The van der Waals surface area contributed by atoms with E-state index in [-0.39, 0.29) is 0 Å². The number of thioether (sulfide) groups is 1. The summed E-state index contributed by atoms with van der Waals surface area (Å²) in [5.74, 6) is 2.29. The van der Waals surface area contributed by atoms with Gasteiger partial charge in [0.1, 0.15) is 5.75 Å². The molecule has 0 bridgehead atoms. The van der Waals surface area contributed by atoms with Crippen LogP contribution in [0.15, 0.2) is 66.5 Å². The second kappa shape index (κ2) is 7.79. The smallest absolute Gasteiger partial charge is 0.192 e. The highest BCUT2D eigenvalue weighted by Gasteiger charge is 2.16. The number of hydrogen-bond acceptors (Lipinski definition) is 5. The van der Waals surface area contributed by atoms with E-state index < -0.39 is 0 Å². The number of methoxy groups -OCH3 is 1. The largest absolute Gasteiger partial charge is 0.496 e. The van der Waals surface area contributed by atoms with E-state index in [9.17, 15) is 0 Å². The van der Waals surface area contributed by atoms with Crippen molar-refractivity contribution in [1.29, 1.82) is 0 Å². The Balaban J connectivity index is 1.91. The van der Waals surface area contributed by atoms with Gasteiger partial charge >= 0.3 is 0 Å². The SMILES string of the molecule is C=CCn1c(SCc2ccccn2)nnc1-c1ccccc1OC. The molecule has 0 atom stereocenters. The van der Waals surface area contributed by atoms with Crippen LogP contribution in [0.1, 0.15) is 5.69 Å². The third-order valence-corrected chi connectivity index (χ3v) is 4.45. The summed E-state index contributed by atoms with van der Waals surface area (Å²) in [6.45, 7) is 4.47. The fraction of sp³-hybridized carbons (Fsp3) is 0.167. The lowest BCUT2D eigenvalue weighted by Gasteiger charge is -2.10. The molecular weight excluding hydrogens is 320 g/mol. The Morgan fingerprint density at radius 1 is 1.17 bits per heavy atom. The first-order valence-electron chi connectivity index (χ1n) is 7.53. The Morgan fingerprint density at radius 2 is 2.00 bits per heavy atom. The molecule has 122 valence electrons. The van der Waals surface area contributed by atoms with Crippen molar-refractivity contribution in [3.8, 4) is 17.1 Å². The third-order valence-electron chi connectivity index (χ3n) is 3.45. The van der Waals surface area contributed by atoms with E-state index in [0.717, 1.165) is 33.7 Å². The Morgan fingerprint density at radius 3 is 2.75 bits per heavy atom. The van der Waals surface area contributed by atoms with Gasteiger partial charge in [-0.1, -0.05) is 36.0 Å². The molecule has 24 heavy (non-hydrogen) atoms. The van der Waals surface area contributed by atoms with E-state index in [2.05, 4.69) is 21.8 Å². The monoisotopic (exact) mass is 338 g/mol. The summed E-state index contributed by atoms with van der Waals surface area (Å²) in [5.41, 5.74) is 1.92. The quantitative estimate of drug-likeness (QED) is 0.484. The van der Waals surface area contributed by atoms with E-state index in [1.807, 2.05) is 53.1 Å². The summed E-state index contributed by atoms with van der Waals surface area (Å²) < 4.78 is 7.49. The van der Waals surface area contributed by atoms with Gasteiger partial charge in [0.15, 0.2) is 11.0 Å². The van der Waals surface area contributed by atoms with Crippen molar-refractivity contribution >= 4 is 11.8 Å². The molecule has 0 saturated heterocycles. The second-order valence-electron chi connectivity index (χ2n) is 5.02. The predicted molar refractivity (Wildman–Crippen MR) is 96.0 cm³/mol. The number of allylic oxidation sites excluding steroid dienone is 1. The number of aromatic nitrogens is 4. The van der Waals surface area contributed by atoms with Crippen LogP contribution in [0.5, 0.6) is 5.75 Å². The number of benzene rings is 1. The van der Waals surface area contributed by atoms with Crippen LogP contribution in [0, 0.1) is 0 Å². The number of ether oxygens (including phenoxy) is 1. The van der Waals surface area contributed by atoms with Crippen LogP contribution in [0.4, 0.5) is 0 Å². The highest BCUT2D eigenvalue weighted by Crippen LogP contribution is 2.31. The zero-order valence-corrected chi connectivity index (χ0v) is 14.2. The molecule has 2 heterocycles. The van der Waals surface area contributed by atoms with Gasteiger partial charge in [-0.3, -0.25) is 9.55 Å². The molecule has 0 aliphatic heterocycles. The maximum absolute atomic E-state index is 5.45. The molecule has 0 aliphatic rings. The average Bonchev–Trinajstić information content (AvgIpc) is 3.03. The Bertz CT molecular complexity index is 817. The average molecular weight is 338 g/mol. The number of para-hydroxylation sites is 1. The number of nitrogens with zero attached hydrogens (tertiary/aromatic N) is 4. The summed E-state index contributed by atoms with van der Waals surface area (Å²) in [5, 5.41) is 9.55. The molecule has 1 aromatic carbocycles. The van der Waals surface area contributed by atoms with Crippen molar-refractivity contribution < 1.29 is 4.74 Å². The lowest BCUT2D eigenvalue weighted by Crippen LogP contribution is -2.02. The molecule has 5 nitrogen and oxygen atoms in total. The van der Waals surface area contributed by atoms with E-state index in [1.54, 1.807) is 25.1 Å². The van der Waals surface area contributed by atoms with Crippen LogP contribution < -0.4 is 4.74 Å². The zero-order chi connectivity index (χ0) is 16.8. The molecule has 0 aliphatic carbocycles. The lowest BCUT2D eigenvalue weighted by molar-refractivity contribution is 0.416. The maximum Gasteiger partial charge on any atom is 0.192 e. The first-order valence-corrected chi connectivity index (χ1v) is 8.52. The fourth-order valence-corrected chi connectivity index (χ4v) is 3.20. The van der Waals surface area contributed by atoms with Gasteiger partial charge in [-0.15, -0.1) is 16.8 Å². The molecule has 6 heteroatoms. The van der Waals surface area contributed by atoms with E-state index in [4.69, 9.17) is 4.74 Å². The minimum Gasteiger partial charge on any atom is -0.496 e. The van der Waals surface area contributed by atoms with Gasteiger partial charge in [0.05, 0.1) is 18.4 Å². The molecule has 0 radical (unpaired) electrons. The van der Waals surface area contributed by atoms with E-state index >= 15 is 0 Å². The molecule has 3 aromatic rings. The van der Waals surface area contributed by atoms with Crippen LogP contribution >= 0.6 is 11.8 Å². The van der Waals surface area contributed by atoms with Gasteiger partial charge in [0.2, 0.25) is 0 Å². The van der Waals surface area contributed by atoms with E-state index in [0.29, 0.717) is 6.54 Å². The molecule has 0 amide bonds. The molecule has 2 aromatic heterocycles. The second-order valence-corrected chi connectivity index (χ2v) is 5.96. The summed E-state index contributed by atoms with van der Waals surface area (Å²) >= 11 is 1.61. The van der Waals surface area contributed by atoms with E-state index in [1.165, 1.54) is 0 Å². The first-order chi connectivity index (χ1) is 11.8. The first kappa shape index (κ1) is 16.3. The Labute approximate surface area is 145 Å². The molecule has 0 fully saturated rings. The highest BCUT2D eigenvalue weighted by molar-refractivity contribution is 7.98. The Hall–Kier alpha value is -2.60. The van der Waals surface area contributed by atoms with Crippen molar-refractivity contribution in [1.82, 2.24) is 19.7 Å². The van der Waals surface area contributed by atoms with Crippen LogP contribution in [-0.4, -0.2) is 26.9 Å². The van der Waals surface area contributed by atoms with Crippen LogP contribution in [0.2, 0.25) is 0 Å². The lowest BCUT2D eigenvalue weighted by atomic mass is 10.2. The van der Waals surface area contributed by atoms with Crippen LogP contribution in [0.3, 0.4) is 0 Å². The molecule has 0 spiro atoms. The summed E-state index contributed by atoms with van der Waals surface area (Å²) in [6, 6.07) is 13.7. The zero-order valence-electron chi connectivity index (χ0n) is 13.4. The van der Waals surface area contributed by atoms with Crippen LogP contribution in [-0.2, 0) is 12.3 Å². The van der Waals surface area contributed by atoms with Crippen LogP contribution in [0.25, 0.3) is 11.4 Å². The number of pyridine rings is 1. The minimum atomic E-state index is 0.630. The Kier molecular flexibility index (Phi) is 5.28. The van der Waals surface area contributed by atoms with Gasteiger partial charge in [-0.2, -0.15) is 0 Å².